The first-order chi connectivity index (χ1) is 10.5. The maximum absolute atomic E-state index is 12.9. The van der Waals surface area contributed by atoms with Crippen LogP contribution in [0, 0.1) is 13.8 Å². The van der Waals surface area contributed by atoms with Crippen LogP contribution in [0.2, 0.25) is 0 Å². The molecule has 2 heterocycles. The number of sulfonamides is 1. The van der Waals surface area contributed by atoms with E-state index in [1.54, 1.807) is 22.6 Å². The number of piperidine rings is 1. The monoisotopic (exact) mass is 319 g/mol. The Bertz CT molecular complexity index is 767. The van der Waals surface area contributed by atoms with E-state index in [0.29, 0.717) is 18.0 Å². The number of nitrogens with one attached hydrogen (secondary N) is 1. The summed E-state index contributed by atoms with van der Waals surface area (Å²) in [5, 5.41) is 0. The first-order valence-corrected chi connectivity index (χ1v) is 9.00. The van der Waals surface area contributed by atoms with E-state index >= 15 is 0 Å². The zero-order valence-electron chi connectivity index (χ0n) is 12.9. The Morgan fingerprint density at radius 1 is 1.27 bits per heavy atom. The van der Waals surface area contributed by atoms with Crippen LogP contribution in [0.4, 0.5) is 0 Å². The van der Waals surface area contributed by atoms with Crippen LogP contribution < -0.4 is 0 Å². The van der Waals surface area contributed by atoms with Crippen LogP contribution in [-0.4, -0.2) is 35.8 Å². The minimum Gasteiger partial charge on any atom is -0.346 e. The van der Waals surface area contributed by atoms with E-state index in [9.17, 15) is 8.42 Å². The minimum absolute atomic E-state index is 0.140. The number of hydrogen-bond donors (Lipinski definition) is 1. The molecule has 0 aliphatic carbocycles. The molecule has 1 atom stereocenters. The fourth-order valence-electron chi connectivity index (χ4n) is 3.01. The number of benzene rings is 1. The third-order valence-corrected chi connectivity index (χ3v) is 6.23. The summed E-state index contributed by atoms with van der Waals surface area (Å²) in [4.78, 5) is 8.01. The van der Waals surface area contributed by atoms with Gasteiger partial charge in [0.15, 0.2) is 0 Å². The molecule has 0 radical (unpaired) electrons. The molecule has 118 valence electrons. The van der Waals surface area contributed by atoms with Gasteiger partial charge in [0.25, 0.3) is 0 Å². The van der Waals surface area contributed by atoms with Crippen molar-refractivity contribution in [1.82, 2.24) is 14.3 Å². The van der Waals surface area contributed by atoms with Crippen molar-refractivity contribution in [3.8, 4) is 0 Å². The van der Waals surface area contributed by atoms with Gasteiger partial charge in [-0.1, -0.05) is 18.2 Å². The molecule has 5 nitrogen and oxygen atoms in total. The second-order valence-corrected chi connectivity index (χ2v) is 7.83. The van der Waals surface area contributed by atoms with Crippen LogP contribution in [0.1, 0.15) is 35.8 Å². The molecule has 0 amide bonds. The van der Waals surface area contributed by atoms with Crippen LogP contribution in [0.25, 0.3) is 0 Å². The van der Waals surface area contributed by atoms with Crippen molar-refractivity contribution in [2.45, 2.75) is 37.5 Å². The average molecular weight is 319 g/mol. The first kappa shape index (κ1) is 15.2. The van der Waals surface area contributed by atoms with Gasteiger partial charge in [0.05, 0.1) is 4.90 Å². The van der Waals surface area contributed by atoms with E-state index in [-0.39, 0.29) is 5.92 Å². The fraction of sp³-hybridized carbons (Fsp3) is 0.438. The van der Waals surface area contributed by atoms with E-state index in [0.717, 1.165) is 29.9 Å². The van der Waals surface area contributed by atoms with Crippen LogP contribution in [-0.2, 0) is 10.0 Å². The Balaban J connectivity index is 1.87. The number of H-pyrrole nitrogens is 1. The van der Waals surface area contributed by atoms with Crippen molar-refractivity contribution in [3.63, 3.8) is 0 Å². The SMILES string of the molecule is Cc1cnc(C2CCCN(S(=O)(=O)c3ccccc3C)C2)[nH]1. The van der Waals surface area contributed by atoms with Crippen LogP contribution in [0.3, 0.4) is 0 Å². The molecule has 1 aliphatic heterocycles. The summed E-state index contributed by atoms with van der Waals surface area (Å²) in [5.74, 6) is 1.03. The van der Waals surface area contributed by atoms with Gasteiger partial charge in [0.2, 0.25) is 10.0 Å². The lowest BCUT2D eigenvalue weighted by atomic mass is 9.99. The number of aromatic nitrogens is 2. The molecule has 1 N–H and O–H groups in total. The smallest absolute Gasteiger partial charge is 0.243 e. The summed E-state index contributed by atoms with van der Waals surface area (Å²) in [5.41, 5.74) is 1.80. The molecule has 6 heteroatoms. The third-order valence-electron chi connectivity index (χ3n) is 4.20. The molecule has 22 heavy (non-hydrogen) atoms. The summed E-state index contributed by atoms with van der Waals surface area (Å²) < 4.78 is 27.4. The summed E-state index contributed by atoms with van der Waals surface area (Å²) >= 11 is 0. The van der Waals surface area contributed by atoms with Gasteiger partial charge >= 0.3 is 0 Å². The topological polar surface area (TPSA) is 66.1 Å². The Morgan fingerprint density at radius 2 is 2.05 bits per heavy atom. The van der Waals surface area contributed by atoms with Crippen LogP contribution in [0.15, 0.2) is 35.4 Å². The third kappa shape index (κ3) is 2.80. The van der Waals surface area contributed by atoms with E-state index in [4.69, 9.17) is 0 Å². The predicted octanol–water partition coefficient (Wildman–Crippen LogP) is 2.59. The number of imidazole rings is 1. The minimum atomic E-state index is -3.44. The second kappa shape index (κ2) is 5.85. The number of aromatic amines is 1. The van der Waals surface area contributed by atoms with Gasteiger partial charge in [-0.3, -0.25) is 0 Å². The van der Waals surface area contributed by atoms with E-state index < -0.39 is 10.0 Å². The van der Waals surface area contributed by atoms with Crippen molar-refractivity contribution in [1.29, 1.82) is 0 Å². The van der Waals surface area contributed by atoms with Gasteiger partial charge in [-0.25, -0.2) is 13.4 Å². The van der Waals surface area contributed by atoms with Gasteiger partial charge in [-0.2, -0.15) is 4.31 Å². The molecule has 1 aromatic heterocycles. The lowest BCUT2D eigenvalue weighted by molar-refractivity contribution is 0.310. The van der Waals surface area contributed by atoms with Gasteiger partial charge < -0.3 is 4.98 Å². The van der Waals surface area contributed by atoms with Gasteiger partial charge in [-0.15, -0.1) is 0 Å². The number of rotatable bonds is 3. The summed E-state index contributed by atoms with van der Waals surface area (Å²) in [6, 6.07) is 7.16. The summed E-state index contributed by atoms with van der Waals surface area (Å²) in [6.07, 6.45) is 3.62. The number of aryl methyl sites for hydroxylation is 2. The number of hydrogen-bond acceptors (Lipinski definition) is 3. The average Bonchev–Trinajstić information content (AvgIpc) is 2.94. The molecule has 1 unspecified atom stereocenters. The van der Waals surface area contributed by atoms with Crippen molar-refractivity contribution < 1.29 is 8.42 Å². The Labute approximate surface area is 131 Å². The first-order valence-electron chi connectivity index (χ1n) is 7.56. The molecule has 1 fully saturated rings. The van der Waals surface area contributed by atoms with Crippen LogP contribution >= 0.6 is 0 Å². The molecule has 1 aliphatic rings. The van der Waals surface area contributed by atoms with E-state index in [1.807, 2.05) is 26.0 Å². The Kier molecular flexibility index (Phi) is 4.06. The highest BCUT2D eigenvalue weighted by atomic mass is 32.2. The fourth-order valence-corrected chi connectivity index (χ4v) is 4.76. The molecule has 1 saturated heterocycles. The predicted molar refractivity (Wildman–Crippen MR) is 85.2 cm³/mol. The zero-order valence-corrected chi connectivity index (χ0v) is 13.7. The standard InChI is InChI=1S/C16H21N3O2S/c1-12-6-3-4-8-15(12)22(20,21)19-9-5-7-14(11-19)16-17-10-13(2)18-16/h3-4,6,8,10,14H,5,7,9,11H2,1-2H3,(H,17,18). The summed E-state index contributed by atoms with van der Waals surface area (Å²) in [7, 11) is -3.44. The van der Waals surface area contributed by atoms with Crippen molar-refractivity contribution in [2.75, 3.05) is 13.1 Å². The highest BCUT2D eigenvalue weighted by molar-refractivity contribution is 7.89. The molecule has 3 rings (SSSR count). The van der Waals surface area contributed by atoms with Crippen molar-refractivity contribution in [3.05, 3.63) is 47.5 Å². The second-order valence-electron chi connectivity index (χ2n) is 5.92. The maximum Gasteiger partial charge on any atom is 0.243 e. The molecule has 0 spiro atoms. The molecular formula is C16H21N3O2S. The molecule has 2 aromatic rings. The Morgan fingerprint density at radius 3 is 2.73 bits per heavy atom. The normalized spacial score (nSPS) is 20.2. The molecule has 1 aromatic carbocycles. The highest BCUT2D eigenvalue weighted by Gasteiger charge is 2.32. The lowest BCUT2D eigenvalue weighted by Crippen LogP contribution is -2.39. The molecular weight excluding hydrogens is 298 g/mol. The molecule has 0 saturated carbocycles. The summed E-state index contributed by atoms with van der Waals surface area (Å²) in [6.45, 7) is 4.86. The van der Waals surface area contributed by atoms with Crippen LogP contribution in [0.5, 0.6) is 0 Å². The zero-order chi connectivity index (χ0) is 15.7. The van der Waals surface area contributed by atoms with Gasteiger partial charge in [-0.05, 0) is 38.3 Å². The quantitative estimate of drug-likeness (QED) is 0.945. The maximum atomic E-state index is 12.9. The van der Waals surface area contributed by atoms with Crippen molar-refractivity contribution in [2.24, 2.45) is 0 Å². The van der Waals surface area contributed by atoms with E-state index in [1.165, 1.54) is 0 Å². The van der Waals surface area contributed by atoms with E-state index in [2.05, 4.69) is 9.97 Å². The Hall–Kier alpha value is -1.66. The molecule has 0 bridgehead atoms. The van der Waals surface area contributed by atoms with Gasteiger partial charge in [0, 0.05) is 30.9 Å². The highest BCUT2D eigenvalue weighted by Crippen LogP contribution is 2.29. The van der Waals surface area contributed by atoms with Crippen molar-refractivity contribution >= 4 is 10.0 Å². The number of nitrogens with zero attached hydrogens (tertiary/aromatic N) is 2. The largest absolute Gasteiger partial charge is 0.346 e. The van der Waals surface area contributed by atoms with Gasteiger partial charge in [0.1, 0.15) is 5.82 Å². The lowest BCUT2D eigenvalue weighted by Gasteiger charge is -2.31.